The molecular formula is C21H21N5O2. The maximum atomic E-state index is 11.0. The highest BCUT2D eigenvalue weighted by Gasteiger charge is 2.13. The van der Waals surface area contributed by atoms with Gasteiger partial charge in [0.05, 0.1) is 22.1 Å². The van der Waals surface area contributed by atoms with E-state index < -0.39 is 4.92 Å². The Bertz CT molecular complexity index is 1030. The summed E-state index contributed by atoms with van der Waals surface area (Å²) in [5.74, 6) is 0.581. The minimum absolute atomic E-state index is 0.0531. The molecule has 1 heterocycles. The van der Waals surface area contributed by atoms with Crippen LogP contribution in [0.2, 0.25) is 0 Å². The van der Waals surface area contributed by atoms with Gasteiger partial charge in [-0.3, -0.25) is 15.0 Å². The molecule has 28 heavy (non-hydrogen) atoms. The summed E-state index contributed by atoms with van der Waals surface area (Å²) in [7, 11) is 2.06. The number of pyridine rings is 1. The predicted octanol–water partition coefficient (Wildman–Crippen LogP) is 3.95. The second kappa shape index (κ2) is 8.46. The van der Waals surface area contributed by atoms with E-state index in [4.69, 9.17) is 0 Å². The summed E-state index contributed by atoms with van der Waals surface area (Å²) in [6.07, 6.45) is 0. The van der Waals surface area contributed by atoms with Crippen molar-refractivity contribution >= 4 is 22.4 Å². The molecule has 1 unspecified atom stereocenters. The van der Waals surface area contributed by atoms with E-state index in [2.05, 4.69) is 47.4 Å². The van der Waals surface area contributed by atoms with Crippen molar-refractivity contribution in [2.75, 3.05) is 18.9 Å². The lowest BCUT2D eigenvalue weighted by Gasteiger charge is -2.25. The molecule has 0 fully saturated rings. The molecule has 1 N–H and O–H groups in total. The summed E-state index contributed by atoms with van der Waals surface area (Å²) >= 11 is 0. The molecule has 0 aliphatic rings. The van der Waals surface area contributed by atoms with Crippen molar-refractivity contribution in [2.24, 2.45) is 0 Å². The van der Waals surface area contributed by atoms with Gasteiger partial charge in [-0.15, -0.1) is 0 Å². The first kappa shape index (κ1) is 19.3. The van der Waals surface area contributed by atoms with Crippen LogP contribution in [0, 0.1) is 21.4 Å². The predicted molar refractivity (Wildman–Crippen MR) is 109 cm³/mol. The highest BCUT2D eigenvalue weighted by atomic mass is 16.6. The zero-order valence-corrected chi connectivity index (χ0v) is 15.8. The quantitative estimate of drug-likeness (QED) is 0.496. The Morgan fingerprint density at radius 3 is 2.68 bits per heavy atom. The third-order valence-corrected chi connectivity index (χ3v) is 4.73. The van der Waals surface area contributed by atoms with Crippen LogP contribution in [-0.2, 0) is 6.54 Å². The van der Waals surface area contributed by atoms with Crippen LogP contribution >= 0.6 is 0 Å². The number of nitro groups is 1. The molecule has 0 saturated carbocycles. The Morgan fingerprint density at radius 2 is 2.00 bits per heavy atom. The lowest BCUT2D eigenvalue weighted by atomic mass is 10.1. The van der Waals surface area contributed by atoms with Gasteiger partial charge in [0.1, 0.15) is 5.82 Å². The van der Waals surface area contributed by atoms with E-state index >= 15 is 0 Å². The maximum Gasteiger partial charge on any atom is 0.270 e. The molecule has 1 atom stereocenters. The fourth-order valence-electron chi connectivity index (χ4n) is 2.95. The molecule has 0 saturated heterocycles. The van der Waals surface area contributed by atoms with Crippen LogP contribution in [0.1, 0.15) is 18.1 Å². The number of benzene rings is 2. The largest absolute Gasteiger partial charge is 0.368 e. The minimum Gasteiger partial charge on any atom is -0.368 e. The Labute approximate surface area is 163 Å². The van der Waals surface area contributed by atoms with Crippen molar-refractivity contribution in [3.63, 3.8) is 0 Å². The van der Waals surface area contributed by atoms with Gasteiger partial charge in [-0.25, -0.2) is 4.98 Å². The highest BCUT2D eigenvalue weighted by molar-refractivity contribution is 5.88. The average molecular weight is 375 g/mol. The lowest BCUT2D eigenvalue weighted by Crippen LogP contribution is -2.34. The number of nitriles is 1. The Kier molecular flexibility index (Phi) is 5.82. The van der Waals surface area contributed by atoms with Gasteiger partial charge in [0, 0.05) is 36.7 Å². The van der Waals surface area contributed by atoms with Crippen LogP contribution in [-0.4, -0.2) is 34.4 Å². The monoisotopic (exact) mass is 375 g/mol. The van der Waals surface area contributed by atoms with Crippen molar-refractivity contribution in [3.05, 3.63) is 75.8 Å². The summed E-state index contributed by atoms with van der Waals surface area (Å²) < 4.78 is 0. The number of fused-ring (bicyclic) bond motifs is 1. The first-order chi connectivity index (χ1) is 13.5. The van der Waals surface area contributed by atoms with E-state index in [0.717, 1.165) is 6.54 Å². The van der Waals surface area contributed by atoms with Crippen molar-refractivity contribution in [1.29, 1.82) is 5.26 Å². The Balaban J connectivity index is 1.72. The molecule has 7 heteroatoms. The van der Waals surface area contributed by atoms with E-state index in [9.17, 15) is 15.4 Å². The number of nitro benzene ring substituents is 1. The number of likely N-dealkylation sites (N-methyl/N-ethyl adjacent to an activating group) is 1. The van der Waals surface area contributed by atoms with E-state index in [-0.39, 0.29) is 11.7 Å². The Morgan fingerprint density at radius 1 is 1.25 bits per heavy atom. The summed E-state index contributed by atoms with van der Waals surface area (Å²) in [4.78, 5) is 17.2. The fraction of sp³-hybridized carbons (Fsp3) is 0.238. The number of non-ortho nitro benzene ring substituents is 1. The molecular weight excluding hydrogens is 354 g/mol. The standard InChI is InChI=1S/C21H21N5O2/c1-15(25(2)14-16-6-4-3-5-7-16)13-23-21-10-17(12-22)19-11-18(26(27)28)8-9-20(19)24-21/h3-11,15H,13-14H2,1-2H3,(H,23,24). The number of hydrogen-bond acceptors (Lipinski definition) is 6. The summed E-state index contributed by atoms with van der Waals surface area (Å²) in [6, 6.07) is 18.6. The Hall–Kier alpha value is -3.50. The van der Waals surface area contributed by atoms with Gasteiger partial charge in [0.25, 0.3) is 5.69 Å². The van der Waals surface area contributed by atoms with E-state index in [0.29, 0.717) is 28.8 Å². The lowest BCUT2D eigenvalue weighted by molar-refractivity contribution is -0.384. The molecule has 0 spiro atoms. The topological polar surface area (TPSA) is 95.1 Å². The summed E-state index contributed by atoms with van der Waals surface area (Å²) in [5, 5.41) is 24.2. The molecule has 0 aliphatic carbocycles. The number of anilines is 1. The second-order valence-corrected chi connectivity index (χ2v) is 6.76. The van der Waals surface area contributed by atoms with Crippen molar-refractivity contribution in [3.8, 4) is 6.07 Å². The fourth-order valence-corrected chi connectivity index (χ4v) is 2.95. The van der Waals surface area contributed by atoms with Crippen LogP contribution in [0.25, 0.3) is 10.9 Å². The molecule has 0 amide bonds. The van der Waals surface area contributed by atoms with Crippen LogP contribution in [0.4, 0.5) is 11.5 Å². The molecule has 142 valence electrons. The van der Waals surface area contributed by atoms with Crippen molar-refractivity contribution in [2.45, 2.75) is 19.5 Å². The van der Waals surface area contributed by atoms with Crippen LogP contribution in [0.5, 0.6) is 0 Å². The molecule has 3 rings (SSSR count). The highest BCUT2D eigenvalue weighted by Crippen LogP contribution is 2.25. The smallest absolute Gasteiger partial charge is 0.270 e. The first-order valence-corrected chi connectivity index (χ1v) is 8.95. The molecule has 7 nitrogen and oxygen atoms in total. The van der Waals surface area contributed by atoms with Gasteiger partial charge in [0.15, 0.2) is 0 Å². The number of hydrogen-bond donors (Lipinski definition) is 1. The number of nitrogens with one attached hydrogen (secondary N) is 1. The average Bonchev–Trinajstić information content (AvgIpc) is 2.71. The molecule has 1 aromatic heterocycles. The number of nitrogens with zero attached hydrogens (tertiary/aromatic N) is 4. The van der Waals surface area contributed by atoms with E-state index in [1.54, 1.807) is 12.1 Å². The third-order valence-electron chi connectivity index (χ3n) is 4.73. The first-order valence-electron chi connectivity index (χ1n) is 8.95. The number of aromatic nitrogens is 1. The molecule has 0 bridgehead atoms. The summed E-state index contributed by atoms with van der Waals surface area (Å²) in [6.45, 7) is 3.60. The van der Waals surface area contributed by atoms with Gasteiger partial charge in [-0.1, -0.05) is 30.3 Å². The van der Waals surface area contributed by atoms with Gasteiger partial charge >= 0.3 is 0 Å². The van der Waals surface area contributed by atoms with Gasteiger partial charge in [0.2, 0.25) is 0 Å². The molecule has 0 aliphatic heterocycles. The van der Waals surface area contributed by atoms with Crippen molar-refractivity contribution in [1.82, 2.24) is 9.88 Å². The normalized spacial score (nSPS) is 11.9. The second-order valence-electron chi connectivity index (χ2n) is 6.76. The zero-order valence-electron chi connectivity index (χ0n) is 15.8. The van der Waals surface area contributed by atoms with Crippen molar-refractivity contribution < 1.29 is 4.92 Å². The van der Waals surface area contributed by atoms with E-state index in [1.165, 1.54) is 17.7 Å². The van der Waals surface area contributed by atoms with Gasteiger partial charge in [-0.2, -0.15) is 5.26 Å². The minimum atomic E-state index is -0.475. The van der Waals surface area contributed by atoms with E-state index in [1.807, 2.05) is 18.2 Å². The maximum absolute atomic E-state index is 11.0. The molecule has 0 radical (unpaired) electrons. The third kappa shape index (κ3) is 4.42. The van der Waals surface area contributed by atoms with Crippen LogP contribution in [0.15, 0.2) is 54.6 Å². The SMILES string of the molecule is CC(CNc1cc(C#N)c2cc([N+](=O)[O-])ccc2n1)N(C)Cc1ccccc1. The molecule has 3 aromatic rings. The molecule has 2 aromatic carbocycles. The van der Waals surface area contributed by atoms with Gasteiger partial charge < -0.3 is 5.32 Å². The summed E-state index contributed by atoms with van der Waals surface area (Å²) in [5.41, 5.74) is 2.11. The zero-order chi connectivity index (χ0) is 20.1. The van der Waals surface area contributed by atoms with Crippen LogP contribution in [0.3, 0.4) is 0 Å². The van der Waals surface area contributed by atoms with Crippen LogP contribution < -0.4 is 5.32 Å². The van der Waals surface area contributed by atoms with Gasteiger partial charge in [-0.05, 0) is 31.7 Å². The number of rotatable bonds is 7.